The van der Waals surface area contributed by atoms with E-state index < -0.39 is 40.8 Å². The Morgan fingerprint density at radius 2 is 1.38 bits per heavy atom. The van der Waals surface area contributed by atoms with Gasteiger partial charge in [0.15, 0.2) is 16.9 Å². The standard InChI is InChI=1S/C48H40ClN5O5S2/c1-2-28-58-53-39(38-31-61-47(50-38)52-48(35-22-12-5-13-23-35,36-24-14-6-15-25-36)37-26-16-7-17-27-37)43(55)51-40-44(56)54-41(34(29-49)30-60-45(40)54)46(57)59-42(32-18-8-3-9-19-32)33-20-10-4-11-21-33/h2-27,31,40,42,45H,1,28-30H2,(H,50,52)(H,51,55)/b53-39-/t40?,45-/m1/s1. The highest BCUT2D eigenvalue weighted by Gasteiger charge is 2.55. The molecule has 0 aliphatic carbocycles. The lowest BCUT2D eigenvalue weighted by molar-refractivity contribution is -0.154. The number of amides is 2. The first kappa shape index (κ1) is 41.3. The number of halogens is 1. The Kier molecular flexibility index (Phi) is 12.8. The van der Waals surface area contributed by atoms with Crippen LogP contribution in [0.3, 0.4) is 0 Å². The number of carbonyl (C=O) groups excluding carboxylic acids is 3. The number of fused-ring (bicyclic) bond motifs is 1. The van der Waals surface area contributed by atoms with E-state index in [1.807, 2.05) is 115 Å². The zero-order chi connectivity index (χ0) is 42.2. The first-order valence-electron chi connectivity index (χ1n) is 19.5. The molecule has 2 aliphatic heterocycles. The van der Waals surface area contributed by atoms with E-state index in [2.05, 4.69) is 58.8 Å². The number of aromatic nitrogens is 1. The van der Waals surface area contributed by atoms with Gasteiger partial charge in [0.25, 0.3) is 11.8 Å². The van der Waals surface area contributed by atoms with Gasteiger partial charge in [-0.15, -0.1) is 34.7 Å². The third-order valence-electron chi connectivity index (χ3n) is 10.3. The summed E-state index contributed by atoms with van der Waals surface area (Å²) in [5.74, 6) is -1.47. The maximum atomic E-state index is 14.2. The van der Waals surface area contributed by atoms with E-state index in [1.165, 1.54) is 34.1 Å². The molecule has 0 bridgehead atoms. The molecular weight excluding hydrogens is 826 g/mol. The van der Waals surface area contributed by atoms with Gasteiger partial charge in [-0.3, -0.25) is 14.5 Å². The monoisotopic (exact) mass is 865 g/mol. The van der Waals surface area contributed by atoms with Gasteiger partial charge in [-0.1, -0.05) is 169 Å². The van der Waals surface area contributed by atoms with Crippen LogP contribution in [0.15, 0.2) is 186 Å². The van der Waals surface area contributed by atoms with Crippen molar-refractivity contribution < 1.29 is 24.0 Å². The summed E-state index contributed by atoms with van der Waals surface area (Å²) < 4.78 is 6.18. The van der Waals surface area contributed by atoms with Crippen LogP contribution >= 0.6 is 34.7 Å². The number of nitrogens with one attached hydrogen (secondary N) is 2. The van der Waals surface area contributed by atoms with Gasteiger partial charge < -0.3 is 20.2 Å². The lowest BCUT2D eigenvalue weighted by Crippen LogP contribution is -2.71. The van der Waals surface area contributed by atoms with E-state index in [4.69, 9.17) is 26.2 Å². The molecule has 10 nitrogen and oxygen atoms in total. The number of rotatable bonds is 16. The average molecular weight is 866 g/mol. The predicted molar refractivity (Wildman–Crippen MR) is 241 cm³/mol. The second-order valence-corrected chi connectivity index (χ2v) is 16.3. The number of thiazole rings is 1. The topological polar surface area (TPSA) is 122 Å². The number of nitrogens with zero attached hydrogens (tertiary/aromatic N) is 3. The number of esters is 1. The van der Waals surface area contributed by atoms with Crippen LogP contribution in [-0.2, 0) is 29.5 Å². The molecule has 1 aromatic heterocycles. The van der Waals surface area contributed by atoms with E-state index in [1.54, 1.807) is 5.38 Å². The van der Waals surface area contributed by atoms with Crippen LogP contribution in [0.4, 0.5) is 5.13 Å². The third kappa shape index (κ3) is 8.47. The van der Waals surface area contributed by atoms with Crippen LogP contribution < -0.4 is 10.6 Å². The van der Waals surface area contributed by atoms with Crippen molar-refractivity contribution in [3.05, 3.63) is 214 Å². The zero-order valence-electron chi connectivity index (χ0n) is 32.7. The molecule has 8 rings (SSSR count). The van der Waals surface area contributed by atoms with Gasteiger partial charge in [0, 0.05) is 17.0 Å². The van der Waals surface area contributed by atoms with Crippen molar-refractivity contribution in [3.8, 4) is 0 Å². The average Bonchev–Trinajstić information content (AvgIpc) is 3.79. The van der Waals surface area contributed by atoms with Crippen molar-refractivity contribution in [1.29, 1.82) is 0 Å². The van der Waals surface area contributed by atoms with Crippen LogP contribution in [0, 0.1) is 0 Å². The van der Waals surface area contributed by atoms with Gasteiger partial charge in [-0.2, -0.15) is 0 Å². The quantitative estimate of drug-likeness (QED) is 0.0145. The Morgan fingerprint density at radius 3 is 1.89 bits per heavy atom. The van der Waals surface area contributed by atoms with Crippen molar-refractivity contribution in [1.82, 2.24) is 15.2 Å². The fraction of sp³-hybridized carbons (Fsp3) is 0.146. The highest BCUT2D eigenvalue weighted by Crippen LogP contribution is 2.43. The maximum absolute atomic E-state index is 14.2. The minimum absolute atomic E-state index is 0.0179. The normalized spacial score (nSPS) is 16.3. The maximum Gasteiger partial charge on any atom is 0.356 e. The molecule has 2 aliphatic rings. The van der Waals surface area contributed by atoms with Crippen molar-refractivity contribution >= 4 is 63.3 Å². The number of β-lactam (4-membered cyclic amide) rings is 1. The number of anilines is 1. The number of alkyl halides is 1. The molecule has 1 fully saturated rings. The molecular formula is C48H40ClN5O5S2. The second kappa shape index (κ2) is 18.8. The third-order valence-corrected chi connectivity index (χ3v) is 12.8. The fourth-order valence-corrected chi connectivity index (χ4v) is 9.90. The molecule has 2 atom stereocenters. The van der Waals surface area contributed by atoms with Crippen LogP contribution in [0.25, 0.3) is 0 Å². The summed E-state index contributed by atoms with van der Waals surface area (Å²) in [5.41, 5.74) is 4.37. The van der Waals surface area contributed by atoms with E-state index in [0.717, 1.165) is 27.8 Å². The summed E-state index contributed by atoms with van der Waals surface area (Å²) in [6.07, 6.45) is 0.776. The fourth-order valence-electron chi connectivity index (χ4n) is 7.47. The van der Waals surface area contributed by atoms with Crippen molar-refractivity contribution in [2.24, 2.45) is 5.16 Å². The molecule has 5 aromatic carbocycles. The summed E-state index contributed by atoms with van der Waals surface area (Å²) in [4.78, 5) is 54.1. The Morgan fingerprint density at radius 1 is 0.852 bits per heavy atom. The molecule has 306 valence electrons. The SMILES string of the molecule is C=CCO/N=C(\C(=O)NC1C(=O)N2C(C(=O)OC(c3ccccc3)c3ccccc3)=C(CCl)CS[C@H]12)c1csc(NC(c2ccccc2)(c2ccccc2)c2ccccc2)n1. The van der Waals surface area contributed by atoms with Crippen LogP contribution in [0.5, 0.6) is 0 Å². The molecule has 3 heterocycles. The minimum atomic E-state index is -0.987. The number of hydrogen-bond acceptors (Lipinski definition) is 10. The number of benzene rings is 5. The highest BCUT2D eigenvalue weighted by molar-refractivity contribution is 8.00. The Balaban J connectivity index is 1.05. The number of thioether (sulfide) groups is 1. The largest absolute Gasteiger partial charge is 0.448 e. The molecule has 1 saturated heterocycles. The molecule has 0 saturated carbocycles. The first-order chi connectivity index (χ1) is 29.9. The molecule has 0 radical (unpaired) electrons. The molecule has 61 heavy (non-hydrogen) atoms. The summed E-state index contributed by atoms with van der Waals surface area (Å²) in [6, 6.07) is 48.1. The van der Waals surface area contributed by atoms with E-state index >= 15 is 0 Å². The van der Waals surface area contributed by atoms with Crippen LogP contribution in [-0.4, -0.2) is 63.0 Å². The number of oxime groups is 1. The number of carbonyl (C=O) groups is 3. The van der Waals surface area contributed by atoms with Gasteiger partial charge in [-0.05, 0) is 33.4 Å². The minimum Gasteiger partial charge on any atom is -0.448 e. The smallest absolute Gasteiger partial charge is 0.356 e. The van der Waals surface area contributed by atoms with Crippen LogP contribution in [0.2, 0.25) is 0 Å². The van der Waals surface area contributed by atoms with Crippen molar-refractivity contribution in [2.45, 2.75) is 23.1 Å². The molecule has 2 amide bonds. The predicted octanol–water partition coefficient (Wildman–Crippen LogP) is 8.68. The van der Waals surface area contributed by atoms with E-state index in [9.17, 15) is 14.4 Å². The summed E-state index contributed by atoms with van der Waals surface area (Å²) >= 11 is 9.08. The highest BCUT2D eigenvalue weighted by atomic mass is 35.5. The molecule has 13 heteroatoms. The van der Waals surface area contributed by atoms with Gasteiger partial charge in [0.1, 0.15) is 35.0 Å². The second-order valence-electron chi connectivity index (χ2n) is 14.1. The molecule has 2 N–H and O–H groups in total. The van der Waals surface area contributed by atoms with Gasteiger partial charge >= 0.3 is 5.97 Å². The molecule has 0 spiro atoms. The van der Waals surface area contributed by atoms with Crippen LogP contribution in [0.1, 0.15) is 39.6 Å². The molecule has 1 unspecified atom stereocenters. The van der Waals surface area contributed by atoms with Gasteiger partial charge in [-0.25, -0.2) is 9.78 Å². The lowest BCUT2D eigenvalue weighted by atomic mass is 9.77. The summed E-state index contributed by atoms with van der Waals surface area (Å²) in [7, 11) is 0. The lowest BCUT2D eigenvalue weighted by Gasteiger charge is -2.49. The first-order valence-corrected chi connectivity index (χ1v) is 21.9. The zero-order valence-corrected chi connectivity index (χ0v) is 35.1. The van der Waals surface area contributed by atoms with Gasteiger partial charge in [0.2, 0.25) is 0 Å². The Hall–Kier alpha value is -6.47. The van der Waals surface area contributed by atoms with E-state index in [0.29, 0.717) is 16.5 Å². The van der Waals surface area contributed by atoms with E-state index in [-0.39, 0.29) is 29.6 Å². The molecule has 6 aromatic rings. The van der Waals surface area contributed by atoms with Gasteiger partial charge in [0.05, 0.1) is 0 Å². The number of hydrogen-bond donors (Lipinski definition) is 2. The Bertz CT molecular complexity index is 2420. The van der Waals surface area contributed by atoms with Crippen molar-refractivity contribution in [2.75, 3.05) is 23.6 Å². The van der Waals surface area contributed by atoms with Crippen molar-refractivity contribution in [3.63, 3.8) is 0 Å². The summed E-state index contributed by atoms with van der Waals surface area (Å²) in [5, 5.41) is 12.4. The summed E-state index contributed by atoms with van der Waals surface area (Å²) in [6.45, 7) is 3.73. The Labute approximate surface area is 367 Å². The number of ether oxygens (including phenoxy) is 1.